The molecule has 0 spiro atoms. The maximum Gasteiger partial charge on any atom is 0.224 e. The lowest BCUT2D eigenvalue weighted by Gasteiger charge is -2.09. The Morgan fingerprint density at radius 1 is 1.04 bits per heavy atom. The first-order valence-corrected chi connectivity index (χ1v) is 9.44. The largest absolute Gasteiger partial charge is 0.493 e. The van der Waals surface area contributed by atoms with E-state index in [4.69, 9.17) is 9.47 Å². The number of aromatic nitrogens is 1. The Kier molecular flexibility index (Phi) is 6.44. The molecule has 0 aliphatic rings. The minimum atomic E-state index is -0.0537. The molecule has 0 bridgehead atoms. The van der Waals surface area contributed by atoms with Crippen molar-refractivity contribution in [2.24, 2.45) is 0 Å². The fraction of sp³-hybridized carbons (Fsp3) is 0.238. The van der Waals surface area contributed by atoms with Crippen LogP contribution in [0.5, 0.6) is 11.5 Å². The van der Waals surface area contributed by atoms with Crippen LogP contribution in [0.25, 0.3) is 0 Å². The van der Waals surface area contributed by atoms with Gasteiger partial charge in [-0.1, -0.05) is 36.4 Å². The maximum absolute atomic E-state index is 12.2. The fourth-order valence-electron chi connectivity index (χ4n) is 2.72. The second-order valence-corrected chi connectivity index (χ2v) is 7.23. The summed E-state index contributed by atoms with van der Waals surface area (Å²) in [6, 6.07) is 15.8. The first-order valence-electron chi connectivity index (χ1n) is 8.63. The Hall–Kier alpha value is -2.86. The molecule has 2 aromatic carbocycles. The van der Waals surface area contributed by atoms with Gasteiger partial charge in [0.05, 0.1) is 27.2 Å². The van der Waals surface area contributed by atoms with Crippen LogP contribution in [0.2, 0.25) is 0 Å². The molecule has 3 rings (SSSR count). The molecule has 0 saturated heterocycles. The molecule has 3 aromatic rings. The SMILES string of the molecule is COc1ccc(CC(=O)NCc2ncc(Cc3ccccc3)s2)cc1OC. The molecule has 0 radical (unpaired) electrons. The van der Waals surface area contributed by atoms with Crippen LogP contribution in [-0.2, 0) is 24.2 Å². The monoisotopic (exact) mass is 382 g/mol. The van der Waals surface area contributed by atoms with Gasteiger partial charge in [0.2, 0.25) is 5.91 Å². The van der Waals surface area contributed by atoms with Crippen LogP contribution >= 0.6 is 11.3 Å². The van der Waals surface area contributed by atoms with E-state index in [0.29, 0.717) is 18.0 Å². The van der Waals surface area contributed by atoms with Crippen molar-refractivity contribution in [1.82, 2.24) is 10.3 Å². The number of thiazole rings is 1. The van der Waals surface area contributed by atoms with Crippen molar-refractivity contribution in [1.29, 1.82) is 0 Å². The Balaban J connectivity index is 1.52. The molecule has 0 fully saturated rings. The Morgan fingerprint density at radius 2 is 1.81 bits per heavy atom. The number of ether oxygens (including phenoxy) is 2. The molecule has 1 N–H and O–H groups in total. The summed E-state index contributed by atoms with van der Waals surface area (Å²) in [5, 5.41) is 3.83. The first-order chi connectivity index (χ1) is 13.2. The van der Waals surface area contributed by atoms with E-state index in [2.05, 4.69) is 22.4 Å². The number of rotatable bonds is 8. The van der Waals surface area contributed by atoms with Crippen LogP contribution in [0.1, 0.15) is 21.0 Å². The molecule has 0 aliphatic carbocycles. The van der Waals surface area contributed by atoms with E-state index in [1.807, 2.05) is 36.5 Å². The van der Waals surface area contributed by atoms with E-state index in [-0.39, 0.29) is 12.3 Å². The number of benzene rings is 2. The highest BCUT2D eigenvalue weighted by molar-refractivity contribution is 7.11. The van der Waals surface area contributed by atoms with Gasteiger partial charge in [-0.3, -0.25) is 4.79 Å². The minimum absolute atomic E-state index is 0.0537. The number of carbonyl (C=O) groups excluding carboxylic acids is 1. The van der Waals surface area contributed by atoms with E-state index in [1.165, 1.54) is 10.4 Å². The molecule has 6 heteroatoms. The summed E-state index contributed by atoms with van der Waals surface area (Å²) in [5.74, 6) is 1.21. The van der Waals surface area contributed by atoms with Crippen LogP contribution < -0.4 is 14.8 Å². The van der Waals surface area contributed by atoms with Crippen molar-refractivity contribution in [2.75, 3.05) is 14.2 Å². The zero-order valence-electron chi connectivity index (χ0n) is 15.4. The molecular formula is C21H22N2O3S. The number of hydrogen-bond donors (Lipinski definition) is 1. The third kappa shape index (κ3) is 5.31. The third-order valence-electron chi connectivity index (χ3n) is 4.07. The lowest BCUT2D eigenvalue weighted by atomic mass is 10.1. The van der Waals surface area contributed by atoms with Gasteiger partial charge in [-0.25, -0.2) is 4.98 Å². The van der Waals surface area contributed by atoms with E-state index < -0.39 is 0 Å². The summed E-state index contributed by atoms with van der Waals surface area (Å²) >= 11 is 1.62. The molecule has 0 saturated carbocycles. The lowest BCUT2D eigenvalue weighted by molar-refractivity contribution is -0.120. The zero-order chi connectivity index (χ0) is 19.1. The zero-order valence-corrected chi connectivity index (χ0v) is 16.2. The average molecular weight is 382 g/mol. The quantitative estimate of drug-likeness (QED) is 0.647. The predicted molar refractivity (Wildman–Crippen MR) is 106 cm³/mol. The van der Waals surface area contributed by atoms with Crippen LogP contribution in [-0.4, -0.2) is 25.1 Å². The molecule has 0 atom stereocenters. The van der Waals surface area contributed by atoms with E-state index in [0.717, 1.165) is 17.0 Å². The van der Waals surface area contributed by atoms with Crippen LogP contribution in [0.4, 0.5) is 0 Å². The normalized spacial score (nSPS) is 10.4. The number of nitrogens with one attached hydrogen (secondary N) is 1. The summed E-state index contributed by atoms with van der Waals surface area (Å²) in [4.78, 5) is 17.8. The highest BCUT2D eigenvalue weighted by atomic mass is 32.1. The van der Waals surface area contributed by atoms with E-state index in [1.54, 1.807) is 31.6 Å². The minimum Gasteiger partial charge on any atom is -0.493 e. The summed E-state index contributed by atoms with van der Waals surface area (Å²) in [6.45, 7) is 0.436. The van der Waals surface area contributed by atoms with Gasteiger partial charge in [0, 0.05) is 17.5 Å². The fourth-order valence-corrected chi connectivity index (χ4v) is 3.62. The first kappa shape index (κ1) is 18.9. The summed E-state index contributed by atoms with van der Waals surface area (Å²) in [7, 11) is 3.17. The smallest absolute Gasteiger partial charge is 0.224 e. The van der Waals surface area contributed by atoms with Crippen molar-refractivity contribution < 1.29 is 14.3 Å². The van der Waals surface area contributed by atoms with Crippen molar-refractivity contribution >= 4 is 17.2 Å². The number of nitrogens with zero attached hydrogens (tertiary/aromatic N) is 1. The topological polar surface area (TPSA) is 60.5 Å². The van der Waals surface area contributed by atoms with Gasteiger partial charge < -0.3 is 14.8 Å². The maximum atomic E-state index is 12.2. The molecule has 1 amide bonds. The van der Waals surface area contributed by atoms with Gasteiger partial charge >= 0.3 is 0 Å². The predicted octanol–water partition coefficient (Wildman–Crippen LogP) is 3.61. The molecule has 5 nitrogen and oxygen atoms in total. The Bertz CT molecular complexity index is 893. The molecule has 27 heavy (non-hydrogen) atoms. The average Bonchev–Trinajstić information content (AvgIpc) is 3.14. The Labute approximate surface area is 163 Å². The number of carbonyl (C=O) groups is 1. The standard InChI is InChI=1S/C21H22N2O3S/c1-25-18-9-8-16(11-19(18)26-2)12-20(24)22-14-21-23-13-17(27-21)10-15-6-4-3-5-7-15/h3-9,11,13H,10,12,14H2,1-2H3,(H,22,24). The van der Waals surface area contributed by atoms with Gasteiger partial charge in [0.25, 0.3) is 0 Å². The summed E-state index contributed by atoms with van der Waals surface area (Å²) in [6.07, 6.45) is 3.02. The molecule has 1 aromatic heterocycles. The van der Waals surface area contributed by atoms with Gasteiger partial charge in [0.15, 0.2) is 11.5 Å². The number of amides is 1. The highest BCUT2D eigenvalue weighted by Gasteiger charge is 2.09. The summed E-state index contributed by atoms with van der Waals surface area (Å²) < 4.78 is 10.5. The highest BCUT2D eigenvalue weighted by Crippen LogP contribution is 2.27. The number of hydrogen-bond acceptors (Lipinski definition) is 5. The van der Waals surface area contributed by atoms with Crippen LogP contribution in [0, 0.1) is 0 Å². The van der Waals surface area contributed by atoms with Crippen molar-refractivity contribution in [3.8, 4) is 11.5 Å². The second kappa shape index (κ2) is 9.19. The molecule has 1 heterocycles. The van der Waals surface area contributed by atoms with Gasteiger partial charge in [-0.15, -0.1) is 11.3 Å². The van der Waals surface area contributed by atoms with Gasteiger partial charge in [0.1, 0.15) is 5.01 Å². The summed E-state index contributed by atoms with van der Waals surface area (Å²) in [5.41, 5.74) is 2.12. The van der Waals surface area contributed by atoms with Gasteiger partial charge in [-0.2, -0.15) is 0 Å². The third-order valence-corrected chi connectivity index (χ3v) is 5.07. The van der Waals surface area contributed by atoms with Gasteiger partial charge in [-0.05, 0) is 23.3 Å². The van der Waals surface area contributed by atoms with Crippen molar-refractivity contribution in [2.45, 2.75) is 19.4 Å². The lowest BCUT2D eigenvalue weighted by Crippen LogP contribution is -2.24. The van der Waals surface area contributed by atoms with Crippen LogP contribution in [0.15, 0.2) is 54.7 Å². The second-order valence-electron chi connectivity index (χ2n) is 6.03. The van der Waals surface area contributed by atoms with Crippen LogP contribution in [0.3, 0.4) is 0 Å². The Morgan fingerprint density at radius 3 is 2.56 bits per heavy atom. The molecular weight excluding hydrogens is 360 g/mol. The van der Waals surface area contributed by atoms with E-state index in [9.17, 15) is 4.79 Å². The van der Waals surface area contributed by atoms with Crippen molar-refractivity contribution in [3.63, 3.8) is 0 Å². The molecule has 0 aliphatic heterocycles. The molecule has 140 valence electrons. The van der Waals surface area contributed by atoms with E-state index >= 15 is 0 Å². The number of methoxy groups -OCH3 is 2. The molecule has 0 unspecified atom stereocenters. The van der Waals surface area contributed by atoms with Crippen molar-refractivity contribution in [3.05, 3.63) is 75.7 Å².